The maximum absolute atomic E-state index is 13.2. The summed E-state index contributed by atoms with van der Waals surface area (Å²) in [5.74, 6) is -0.581. The van der Waals surface area contributed by atoms with Gasteiger partial charge in [-0.2, -0.15) is 8.78 Å². The quantitative estimate of drug-likeness (QED) is 0.729. The smallest absolute Gasteiger partial charge is 0.387 e. The van der Waals surface area contributed by atoms with Crippen molar-refractivity contribution in [3.63, 3.8) is 0 Å². The molecule has 4 nitrogen and oxygen atoms in total. The fourth-order valence-electron chi connectivity index (χ4n) is 2.70. The maximum atomic E-state index is 13.2. The SMILES string of the molecule is CC(C)(C)C(NCC(=O)Nc1ccc(OC(F)F)cc1)c1ccc(F)cc1. The average Bonchev–Trinajstić information content (AvgIpc) is 2.57. The lowest BCUT2D eigenvalue weighted by atomic mass is 9.82. The van der Waals surface area contributed by atoms with E-state index in [1.807, 2.05) is 20.8 Å². The molecule has 1 atom stereocenters. The fraction of sp³-hybridized carbons (Fsp3) is 0.350. The Bertz CT molecular complexity index is 741. The molecule has 0 saturated heterocycles. The van der Waals surface area contributed by atoms with Gasteiger partial charge in [0.1, 0.15) is 11.6 Å². The van der Waals surface area contributed by atoms with Crippen molar-refractivity contribution in [1.29, 1.82) is 0 Å². The molecule has 0 spiro atoms. The molecule has 0 aliphatic rings. The van der Waals surface area contributed by atoms with Gasteiger partial charge in [-0.05, 0) is 47.4 Å². The molecule has 146 valence electrons. The molecule has 2 aromatic rings. The van der Waals surface area contributed by atoms with Crippen LogP contribution in [-0.2, 0) is 4.79 Å². The van der Waals surface area contributed by atoms with E-state index in [1.165, 1.54) is 36.4 Å². The van der Waals surface area contributed by atoms with Gasteiger partial charge in [0.15, 0.2) is 0 Å². The molecule has 0 heterocycles. The number of anilines is 1. The van der Waals surface area contributed by atoms with Gasteiger partial charge >= 0.3 is 6.61 Å². The number of alkyl halides is 2. The van der Waals surface area contributed by atoms with Gasteiger partial charge in [0.2, 0.25) is 5.91 Å². The number of amides is 1. The van der Waals surface area contributed by atoms with Crippen LogP contribution >= 0.6 is 0 Å². The normalized spacial score (nSPS) is 12.7. The van der Waals surface area contributed by atoms with Crippen molar-refractivity contribution >= 4 is 11.6 Å². The number of rotatable bonds is 7. The number of nitrogens with one attached hydrogen (secondary N) is 2. The summed E-state index contributed by atoms with van der Waals surface area (Å²) in [7, 11) is 0. The number of ether oxygens (including phenoxy) is 1. The lowest BCUT2D eigenvalue weighted by Gasteiger charge is -2.32. The van der Waals surface area contributed by atoms with Crippen molar-refractivity contribution in [1.82, 2.24) is 5.32 Å². The van der Waals surface area contributed by atoms with E-state index in [1.54, 1.807) is 12.1 Å². The summed E-state index contributed by atoms with van der Waals surface area (Å²) >= 11 is 0. The summed E-state index contributed by atoms with van der Waals surface area (Å²) in [5.41, 5.74) is 1.15. The highest BCUT2D eigenvalue weighted by molar-refractivity contribution is 5.92. The third-order valence-corrected chi connectivity index (χ3v) is 3.90. The van der Waals surface area contributed by atoms with Gasteiger partial charge in [-0.25, -0.2) is 4.39 Å². The Morgan fingerprint density at radius 1 is 1.04 bits per heavy atom. The molecule has 2 rings (SSSR count). The molecule has 7 heteroatoms. The molecular weight excluding hydrogens is 357 g/mol. The molecule has 0 aromatic heterocycles. The third kappa shape index (κ3) is 6.60. The topological polar surface area (TPSA) is 50.4 Å². The molecule has 0 aliphatic carbocycles. The minimum atomic E-state index is -2.89. The second-order valence-corrected chi connectivity index (χ2v) is 7.18. The van der Waals surface area contributed by atoms with Crippen molar-refractivity contribution < 1.29 is 22.7 Å². The van der Waals surface area contributed by atoms with E-state index in [2.05, 4.69) is 15.4 Å². The zero-order chi connectivity index (χ0) is 20.0. The second kappa shape index (κ2) is 8.90. The summed E-state index contributed by atoms with van der Waals surface area (Å²) in [4.78, 5) is 12.2. The molecule has 0 bridgehead atoms. The van der Waals surface area contributed by atoms with Crippen molar-refractivity contribution in [2.45, 2.75) is 33.4 Å². The van der Waals surface area contributed by atoms with Crippen LogP contribution in [0.1, 0.15) is 32.4 Å². The van der Waals surface area contributed by atoms with E-state index < -0.39 is 6.61 Å². The molecule has 0 fully saturated rings. The van der Waals surface area contributed by atoms with Crippen LogP contribution in [0.2, 0.25) is 0 Å². The van der Waals surface area contributed by atoms with Crippen molar-refractivity contribution in [3.05, 3.63) is 59.9 Å². The molecule has 2 N–H and O–H groups in total. The Labute approximate surface area is 156 Å². The average molecular weight is 380 g/mol. The molecule has 27 heavy (non-hydrogen) atoms. The minimum Gasteiger partial charge on any atom is -0.435 e. The van der Waals surface area contributed by atoms with Gasteiger partial charge in [0, 0.05) is 11.7 Å². The molecule has 0 aliphatic heterocycles. The Morgan fingerprint density at radius 2 is 1.63 bits per heavy atom. The summed E-state index contributed by atoms with van der Waals surface area (Å²) < 4.78 is 41.7. The first-order valence-corrected chi connectivity index (χ1v) is 8.49. The summed E-state index contributed by atoms with van der Waals surface area (Å²) in [6.45, 7) is 3.21. The van der Waals surface area contributed by atoms with Crippen molar-refractivity contribution in [2.24, 2.45) is 5.41 Å². The van der Waals surface area contributed by atoms with E-state index in [0.29, 0.717) is 5.69 Å². The van der Waals surface area contributed by atoms with Crippen LogP contribution in [0.3, 0.4) is 0 Å². The zero-order valence-electron chi connectivity index (χ0n) is 15.4. The highest BCUT2D eigenvalue weighted by Gasteiger charge is 2.26. The van der Waals surface area contributed by atoms with Crippen molar-refractivity contribution in [2.75, 3.05) is 11.9 Å². The van der Waals surface area contributed by atoms with Crippen LogP contribution in [-0.4, -0.2) is 19.1 Å². The zero-order valence-corrected chi connectivity index (χ0v) is 15.4. The summed E-state index contributed by atoms with van der Waals surface area (Å²) in [6, 6.07) is 11.7. The molecule has 0 saturated carbocycles. The van der Waals surface area contributed by atoms with E-state index in [4.69, 9.17) is 0 Å². The third-order valence-electron chi connectivity index (χ3n) is 3.90. The van der Waals surface area contributed by atoms with Gasteiger partial charge in [0.25, 0.3) is 0 Å². The van der Waals surface area contributed by atoms with E-state index >= 15 is 0 Å². The highest BCUT2D eigenvalue weighted by Crippen LogP contribution is 2.32. The van der Waals surface area contributed by atoms with Gasteiger partial charge in [0.05, 0.1) is 6.54 Å². The first-order chi connectivity index (χ1) is 12.6. The number of hydrogen-bond donors (Lipinski definition) is 2. The van der Waals surface area contributed by atoms with Gasteiger partial charge in [-0.1, -0.05) is 32.9 Å². The summed E-state index contributed by atoms with van der Waals surface area (Å²) in [5, 5.41) is 5.88. The van der Waals surface area contributed by atoms with Crippen LogP contribution in [0.25, 0.3) is 0 Å². The van der Waals surface area contributed by atoms with Crippen LogP contribution in [0.15, 0.2) is 48.5 Å². The van der Waals surface area contributed by atoms with Crippen LogP contribution in [0.4, 0.5) is 18.9 Å². The number of carbonyl (C=O) groups is 1. The number of hydrogen-bond acceptors (Lipinski definition) is 3. The Balaban J connectivity index is 1.96. The Kier molecular flexibility index (Phi) is 6.85. The minimum absolute atomic E-state index is 0.0187. The molecule has 1 amide bonds. The first kappa shape index (κ1) is 20.8. The lowest BCUT2D eigenvalue weighted by Crippen LogP contribution is -2.37. The molecule has 0 radical (unpaired) electrons. The van der Waals surface area contributed by atoms with Crippen LogP contribution < -0.4 is 15.4 Å². The fourth-order valence-corrected chi connectivity index (χ4v) is 2.70. The molecular formula is C20H23F3N2O2. The Morgan fingerprint density at radius 3 is 2.15 bits per heavy atom. The highest BCUT2D eigenvalue weighted by atomic mass is 19.3. The standard InChI is InChI=1S/C20H23F3N2O2/c1-20(2,3)18(13-4-6-14(21)7-5-13)24-12-17(26)25-15-8-10-16(11-9-15)27-19(22)23/h4-11,18-19,24H,12H2,1-3H3,(H,25,26). The molecule has 2 aromatic carbocycles. The second-order valence-electron chi connectivity index (χ2n) is 7.18. The Hall–Kier alpha value is -2.54. The predicted molar refractivity (Wildman–Crippen MR) is 98.3 cm³/mol. The van der Waals surface area contributed by atoms with E-state index in [0.717, 1.165) is 5.56 Å². The molecule has 1 unspecified atom stereocenters. The van der Waals surface area contributed by atoms with Gasteiger partial charge in [-0.15, -0.1) is 0 Å². The van der Waals surface area contributed by atoms with E-state index in [9.17, 15) is 18.0 Å². The monoisotopic (exact) mass is 380 g/mol. The number of carbonyl (C=O) groups excluding carboxylic acids is 1. The van der Waals surface area contributed by atoms with Crippen LogP contribution in [0.5, 0.6) is 5.75 Å². The largest absolute Gasteiger partial charge is 0.435 e. The van der Waals surface area contributed by atoms with Gasteiger partial charge < -0.3 is 15.4 Å². The summed E-state index contributed by atoms with van der Waals surface area (Å²) in [6.07, 6.45) is 0. The number of halogens is 3. The van der Waals surface area contributed by atoms with E-state index in [-0.39, 0.29) is 35.5 Å². The van der Waals surface area contributed by atoms with Crippen molar-refractivity contribution in [3.8, 4) is 5.75 Å². The maximum Gasteiger partial charge on any atom is 0.387 e. The number of benzene rings is 2. The van der Waals surface area contributed by atoms with Gasteiger partial charge in [-0.3, -0.25) is 4.79 Å². The first-order valence-electron chi connectivity index (χ1n) is 8.49. The van der Waals surface area contributed by atoms with Crippen LogP contribution in [0, 0.1) is 11.2 Å². The predicted octanol–water partition coefficient (Wildman–Crippen LogP) is 4.74. The lowest BCUT2D eigenvalue weighted by molar-refractivity contribution is -0.115.